The van der Waals surface area contributed by atoms with Crippen LogP contribution in [0.15, 0.2) is 0 Å². The lowest BCUT2D eigenvalue weighted by molar-refractivity contribution is -0.537. The summed E-state index contributed by atoms with van der Waals surface area (Å²) in [4.78, 5) is 21.9. The first-order valence-electron chi connectivity index (χ1n) is 5.76. The molecule has 92 valence electrons. The topological polar surface area (TPSA) is 69.4 Å². The van der Waals surface area contributed by atoms with Crippen LogP contribution >= 0.6 is 0 Å². The normalized spacial score (nSPS) is 27.1. The highest BCUT2D eigenvalue weighted by atomic mass is 16.6. The van der Waals surface area contributed by atoms with E-state index in [1.807, 2.05) is 6.92 Å². The van der Waals surface area contributed by atoms with Gasteiger partial charge in [-0.3, -0.25) is 14.9 Å². The SMILES string of the molecule is COC(=O)CC(C)C1CCCCC1[N+](=O)[O-]. The number of carbonyl (C=O) groups is 1. The molecule has 0 aromatic heterocycles. The van der Waals surface area contributed by atoms with Crippen molar-refractivity contribution in [2.24, 2.45) is 11.8 Å². The van der Waals surface area contributed by atoms with Gasteiger partial charge in [-0.15, -0.1) is 0 Å². The molecule has 0 bridgehead atoms. The summed E-state index contributed by atoms with van der Waals surface area (Å²) in [5.74, 6) is -0.230. The molecule has 0 amide bonds. The lowest BCUT2D eigenvalue weighted by Gasteiger charge is -2.29. The number of nitro groups is 1. The van der Waals surface area contributed by atoms with Gasteiger partial charge in [0.15, 0.2) is 0 Å². The summed E-state index contributed by atoms with van der Waals surface area (Å²) in [5, 5.41) is 10.9. The van der Waals surface area contributed by atoms with Crippen LogP contribution in [0.25, 0.3) is 0 Å². The van der Waals surface area contributed by atoms with Crippen molar-refractivity contribution >= 4 is 5.97 Å². The molecule has 1 fully saturated rings. The van der Waals surface area contributed by atoms with Gasteiger partial charge in [0.2, 0.25) is 6.04 Å². The van der Waals surface area contributed by atoms with E-state index in [-0.39, 0.29) is 29.1 Å². The van der Waals surface area contributed by atoms with Gasteiger partial charge in [0.05, 0.1) is 7.11 Å². The Hall–Kier alpha value is -1.13. The highest BCUT2D eigenvalue weighted by Gasteiger charge is 2.38. The molecule has 5 nitrogen and oxygen atoms in total. The van der Waals surface area contributed by atoms with Crippen molar-refractivity contribution in [3.05, 3.63) is 10.1 Å². The number of hydrogen-bond acceptors (Lipinski definition) is 4. The molecule has 5 heteroatoms. The van der Waals surface area contributed by atoms with Crippen LogP contribution in [0.5, 0.6) is 0 Å². The highest BCUT2D eigenvalue weighted by Crippen LogP contribution is 2.33. The fourth-order valence-corrected chi connectivity index (χ4v) is 2.56. The number of methoxy groups -OCH3 is 1. The summed E-state index contributed by atoms with van der Waals surface area (Å²) >= 11 is 0. The summed E-state index contributed by atoms with van der Waals surface area (Å²) in [6.07, 6.45) is 3.73. The van der Waals surface area contributed by atoms with Crippen molar-refractivity contribution in [2.45, 2.75) is 45.1 Å². The Morgan fingerprint density at radius 3 is 2.69 bits per heavy atom. The third-order valence-electron chi connectivity index (χ3n) is 3.50. The van der Waals surface area contributed by atoms with Gasteiger partial charge in [-0.25, -0.2) is 0 Å². The largest absolute Gasteiger partial charge is 0.469 e. The second-order valence-electron chi connectivity index (χ2n) is 4.56. The Morgan fingerprint density at radius 2 is 2.12 bits per heavy atom. The fraction of sp³-hybridized carbons (Fsp3) is 0.909. The van der Waals surface area contributed by atoms with E-state index < -0.39 is 6.04 Å². The summed E-state index contributed by atoms with van der Waals surface area (Å²) in [7, 11) is 1.35. The first kappa shape index (κ1) is 12.9. The van der Waals surface area contributed by atoms with Crippen LogP contribution in [-0.4, -0.2) is 24.0 Å². The third kappa shape index (κ3) is 3.18. The molecule has 0 radical (unpaired) electrons. The summed E-state index contributed by atoms with van der Waals surface area (Å²) < 4.78 is 4.60. The van der Waals surface area contributed by atoms with Crippen molar-refractivity contribution in [1.29, 1.82) is 0 Å². The van der Waals surface area contributed by atoms with Crippen LogP contribution in [0.3, 0.4) is 0 Å². The predicted molar refractivity (Wildman–Crippen MR) is 58.5 cm³/mol. The van der Waals surface area contributed by atoms with E-state index in [0.717, 1.165) is 19.3 Å². The van der Waals surface area contributed by atoms with Crippen LogP contribution in [0.2, 0.25) is 0 Å². The van der Waals surface area contributed by atoms with Crippen LogP contribution in [0.4, 0.5) is 0 Å². The van der Waals surface area contributed by atoms with Gasteiger partial charge in [-0.2, -0.15) is 0 Å². The predicted octanol–water partition coefficient (Wildman–Crippen LogP) is 2.02. The highest BCUT2D eigenvalue weighted by molar-refractivity contribution is 5.69. The average molecular weight is 229 g/mol. The number of hydrogen-bond donors (Lipinski definition) is 0. The first-order chi connectivity index (χ1) is 7.56. The van der Waals surface area contributed by atoms with E-state index in [1.165, 1.54) is 7.11 Å². The molecule has 0 N–H and O–H groups in total. The van der Waals surface area contributed by atoms with Gasteiger partial charge in [0.25, 0.3) is 0 Å². The zero-order valence-corrected chi connectivity index (χ0v) is 9.85. The maximum Gasteiger partial charge on any atom is 0.305 e. The van der Waals surface area contributed by atoms with Crippen molar-refractivity contribution < 1.29 is 14.5 Å². The molecular weight excluding hydrogens is 210 g/mol. The van der Waals surface area contributed by atoms with Crippen LogP contribution in [0, 0.1) is 22.0 Å². The monoisotopic (exact) mass is 229 g/mol. The zero-order chi connectivity index (χ0) is 12.1. The van der Waals surface area contributed by atoms with E-state index in [2.05, 4.69) is 4.74 Å². The smallest absolute Gasteiger partial charge is 0.305 e. The molecule has 0 aromatic rings. The van der Waals surface area contributed by atoms with E-state index in [9.17, 15) is 14.9 Å². The Balaban J connectivity index is 2.60. The summed E-state index contributed by atoms with van der Waals surface area (Å²) in [5.41, 5.74) is 0. The molecule has 0 saturated heterocycles. The summed E-state index contributed by atoms with van der Waals surface area (Å²) in [6.45, 7) is 1.91. The molecule has 3 atom stereocenters. The van der Waals surface area contributed by atoms with Crippen LogP contribution in [0.1, 0.15) is 39.0 Å². The number of carbonyl (C=O) groups excluding carboxylic acids is 1. The van der Waals surface area contributed by atoms with E-state index in [0.29, 0.717) is 6.42 Å². The van der Waals surface area contributed by atoms with Gasteiger partial charge in [0.1, 0.15) is 0 Å². The summed E-state index contributed by atoms with van der Waals surface area (Å²) in [6, 6.07) is -0.478. The molecule has 16 heavy (non-hydrogen) atoms. The third-order valence-corrected chi connectivity index (χ3v) is 3.50. The van der Waals surface area contributed by atoms with Gasteiger partial charge >= 0.3 is 5.97 Å². The van der Waals surface area contributed by atoms with Crippen LogP contribution in [-0.2, 0) is 9.53 Å². The maximum atomic E-state index is 11.1. The van der Waals surface area contributed by atoms with E-state index >= 15 is 0 Å². The Labute approximate surface area is 95.3 Å². The van der Waals surface area contributed by atoms with Crippen molar-refractivity contribution in [3.63, 3.8) is 0 Å². The number of nitrogens with zero attached hydrogens (tertiary/aromatic N) is 1. The molecule has 0 aromatic carbocycles. The molecule has 1 rings (SSSR count). The molecular formula is C11H19NO4. The lowest BCUT2D eigenvalue weighted by Crippen LogP contribution is -2.36. The fourth-order valence-electron chi connectivity index (χ4n) is 2.56. The minimum Gasteiger partial charge on any atom is -0.469 e. The van der Waals surface area contributed by atoms with Gasteiger partial charge < -0.3 is 4.74 Å². The Bertz CT molecular complexity index is 267. The number of rotatable bonds is 4. The van der Waals surface area contributed by atoms with Crippen LogP contribution < -0.4 is 0 Å². The number of ether oxygens (including phenoxy) is 1. The van der Waals surface area contributed by atoms with Crippen molar-refractivity contribution in [1.82, 2.24) is 0 Å². The number of esters is 1. The quantitative estimate of drug-likeness (QED) is 0.420. The lowest BCUT2D eigenvalue weighted by atomic mass is 9.76. The molecule has 1 saturated carbocycles. The molecule has 0 aliphatic heterocycles. The zero-order valence-electron chi connectivity index (χ0n) is 9.85. The molecule has 3 unspecified atom stereocenters. The van der Waals surface area contributed by atoms with Crippen molar-refractivity contribution in [2.75, 3.05) is 7.11 Å². The Morgan fingerprint density at radius 1 is 1.50 bits per heavy atom. The molecule has 1 aliphatic rings. The molecule has 0 spiro atoms. The first-order valence-corrected chi connectivity index (χ1v) is 5.76. The Kier molecular flexibility index (Phi) is 4.71. The van der Waals surface area contributed by atoms with Gasteiger partial charge in [-0.1, -0.05) is 13.3 Å². The van der Waals surface area contributed by atoms with Crippen molar-refractivity contribution in [3.8, 4) is 0 Å². The van der Waals surface area contributed by atoms with E-state index in [4.69, 9.17) is 0 Å². The maximum absolute atomic E-state index is 11.1. The molecule has 0 heterocycles. The minimum absolute atomic E-state index is 0.0165. The molecule has 1 aliphatic carbocycles. The second-order valence-corrected chi connectivity index (χ2v) is 4.56. The minimum atomic E-state index is -0.478. The second kappa shape index (κ2) is 5.82. The van der Waals surface area contributed by atoms with Gasteiger partial charge in [0, 0.05) is 23.7 Å². The standard InChI is InChI=1S/C11H19NO4/c1-8(7-11(13)16-2)9-5-3-4-6-10(9)12(14)15/h8-10H,3-7H2,1-2H3. The average Bonchev–Trinajstić information content (AvgIpc) is 2.28. The van der Waals surface area contributed by atoms with Gasteiger partial charge in [-0.05, 0) is 18.8 Å². The van der Waals surface area contributed by atoms with E-state index in [1.54, 1.807) is 0 Å².